The van der Waals surface area contributed by atoms with Crippen LogP contribution in [0.1, 0.15) is 25.0 Å². The van der Waals surface area contributed by atoms with Crippen LogP contribution in [0.3, 0.4) is 0 Å². The van der Waals surface area contributed by atoms with Gasteiger partial charge in [0.05, 0.1) is 6.61 Å². The van der Waals surface area contributed by atoms with Crippen molar-refractivity contribution >= 4 is 23.3 Å². The Morgan fingerprint density at radius 2 is 2.27 bits per heavy atom. The van der Waals surface area contributed by atoms with Crippen LogP contribution in [0, 0.1) is 0 Å². The number of morpholine rings is 1. The molecule has 2 fully saturated rings. The van der Waals surface area contributed by atoms with Gasteiger partial charge in [-0.3, -0.25) is 14.6 Å². The number of hydrogen-bond donors (Lipinski definition) is 1. The predicted octanol–water partition coefficient (Wildman–Crippen LogP) is 0.847. The average Bonchev–Trinajstić information content (AvgIpc) is 3.06. The Labute approximate surface area is 133 Å². The van der Waals surface area contributed by atoms with Crippen LogP contribution in [0.25, 0.3) is 0 Å². The van der Waals surface area contributed by atoms with Crippen LogP contribution < -0.4 is 5.32 Å². The fourth-order valence-corrected chi connectivity index (χ4v) is 3.39. The first-order valence-corrected chi connectivity index (χ1v) is 8.23. The number of carbonyl (C=O) groups excluding carboxylic acids is 2. The van der Waals surface area contributed by atoms with E-state index < -0.39 is 5.54 Å². The summed E-state index contributed by atoms with van der Waals surface area (Å²) >= 11 is 1.58. The molecule has 3 amide bonds. The molecule has 0 aliphatic carbocycles. The normalized spacial score (nSPS) is 25.5. The molecule has 2 aliphatic heterocycles. The molecule has 0 radical (unpaired) electrons. The van der Waals surface area contributed by atoms with E-state index in [1.54, 1.807) is 31.4 Å². The Hall–Kier alpha value is -1.51. The number of hydrogen-bond acceptors (Lipinski definition) is 6. The van der Waals surface area contributed by atoms with Crippen LogP contribution >= 0.6 is 11.3 Å². The summed E-state index contributed by atoms with van der Waals surface area (Å²) < 4.78 is 5.75. The molecule has 2 saturated heterocycles. The fraction of sp³-hybridized carbons (Fsp3) is 0.643. The van der Waals surface area contributed by atoms with E-state index in [0.717, 1.165) is 18.1 Å². The van der Waals surface area contributed by atoms with Gasteiger partial charge in [-0.25, -0.2) is 9.78 Å². The smallest absolute Gasteiger partial charge is 0.325 e. The maximum Gasteiger partial charge on any atom is 0.325 e. The number of thiazole rings is 1. The highest BCUT2D eigenvalue weighted by Crippen LogP contribution is 2.24. The van der Waals surface area contributed by atoms with Crippen molar-refractivity contribution in [1.29, 1.82) is 0 Å². The number of nitrogens with one attached hydrogen (secondary N) is 1. The maximum atomic E-state index is 12.2. The van der Waals surface area contributed by atoms with Crippen molar-refractivity contribution in [2.24, 2.45) is 0 Å². The molecule has 8 heteroatoms. The first-order chi connectivity index (χ1) is 10.5. The lowest BCUT2D eigenvalue weighted by atomic mass is 10.1. The molecule has 0 saturated carbocycles. The monoisotopic (exact) mass is 324 g/mol. The quantitative estimate of drug-likeness (QED) is 0.831. The van der Waals surface area contributed by atoms with Crippen LogP contribution in [0.5, 0.6) is 0 Å². The van der Waals surface area contributed by atoms with Crippen molar-refractivity contribution in [2.45, 2.75) is 25.5 Å². The Balaban J connectivity index is 1.55. The Kier molecular flexibility index (Phi) is 4.16. The van der Waals surface area contributed by atoms with Gasteiger partial charge in [0.15, 0.2) is 0 Å². The van der Waals surface area contributed by atoms with Crippen molar-refractivity contribution in [3.05, 3.63) is 16.6 Å². The van der Waals surface area contributed by atoms with Gasteiger partial charge in [-0.1, -0.05) is 0 Å². The minimum atomic E-state index is -0.800. The third-order valence-corrected chi connectivity index (χ3v) is 4.83. The summed E-state index contributed by atoms with van der Waals surface area (Å²) in [6, 6.07) is -0.306. The molecule has 1 N–H and O–H groups in total. The molecule has 3 heterocycles. The third-order valence-electron chi connectivity index (χ3n) is 3.96. The number of urea groups is 1. The third kappa shape index (κ3) is 2.99. The molecular weight excluding hydrogens is 304 g/mol. The summed E-state index contributed by atoms with van der Waals surface area (Å²) in [5.74, 6) is -0.165. The zero-order chi connectivity index (χ0) is 15.7. The van der Waals surface area contributed by atoms with Gasteiger partial charge in [0, 0.05) is 37.8 Å². The highest BCUT2D eigenvalue weighted by molar-refractivity contribution is 7.09. The van der Waals surface area contributed by atoms with Crippen LogP contribution in [0.15, 0.2) is 11.6 Å². The highest BCUT2D eigenvalue weighted by Gasteiger charge is 2.44. The lowest BCUT2D eigenvalue weighted by molar-refractivity contribution is -0.130. The molecule has 22 heavy (non-hydrogen) atoms. The van der Waals surface area contributed by atoms with Gasteiger partial charge >= 0.3 is 6.03 Å². The zero-order valence-electron chi connectivity index (χ0n) is 12.7. The minimum absolute atomic E-state index is 0.0201. The molecule has 3 rings (SSSR count). The van der Waals surface area contributed by atoms with Crippen molar-refractivity contribution in [3.8, 4) is 0 Å². The van der Waals surface area contributed by atoms with Gasteiger partial charge in [-0.2, -0.15) is 0 Å². The maximum absolute atomic E-state index is 12.2. The zero-order valence-corrected chi connectivity index (χ0v) is 13.6. The molecule has 0 unspecified atom stereocenters. The number of amides is 3. The average molecular weight is 324 g/mol. The summed E-state index contributed by atoms with van der Waals surface area (Å²) in [6.45, 7) is 6.67. The largest absolute Gasteiger partial charge is 0.368 e. The van der Waals surface area contributed by atoms with Crippen molar-refractivity contribution in [3.63, 3.8) is 0 Å². The molecule has 0 bridgehead atoms. The Morgan fingerprint density at radius 3 is 2.91 bits per heavy atom. The number of carbonyl (C=O) groups is 2. The first-order valence-electron chi connectivity index (χ1n) is 7.35. The number of nitrogens with zero attached hydrogens (tertiary/aromatic N) is 3. The molecule has 1 aromatic rings. The van der Waals surface area contributed by atoms with Gasteiger partial charge in [-0.05, 0) is 13.8 Å². The standard InChI is InChI=1S/C14H20N4O3S/c1-14(2)12(19)18(13(20)16-14)5-4-17-6-7-21-10(9-17)11-15-3-8-22-11/h3,8,10H,4-7,9H2,1-2H3,(H,16,20)/t10-/m0/s1. The fourth-order valence-electron chi connectivity index (χ4n) is 2.71. The van der Waals surface area contributed by atoms with Crippen LogP contribution in [0.4, 0.5) is 4.79 Å². The second-order valence-electron chi connectivity index (χ2n) is 6.04. The molecule has 1 aromatic heterocycles. The van der Waals surface area contributed by atoms with Crippen LogP contribution in [-0.2, 0) is 9.53 Å². The Morgan fingerprint density at radius 1 is 1.45 bits per heavy atom. The van der Waals surface area contributed by atoms with Crippen molar-refractivity contribution in [2.75, 3.05) is 32.8 Å². The van der Waals surface area contributed by atoms with Crippen molar-refractivity contribution in [1.82, 2.24) is 20.1 Å². The second-order valence-corrected chi connectivity index (χ2v) is 6.97. The summed E-state index contributed by atoms with van der Waals surface area (Å²) in [5, 5.41) is 5.61. The number of rotatable bonds is 4. The summed E-state index contributed by atoms with van der Waals surface area (Å²) in [6.07, 6.45) is 1.76. The first kappa shape index (κ1) is 15.4. The molecule has 0 spiro atoms. The predicted molar refractivity (Wildman–Crippen MR) is 81.6 cm³/mol. The van der Waals surface area contributed by atoms with Gasteiger partial charge in [0.25, 0.3) is 5.91 Å². The highest BCUT2D eigenvalue weighted by atomic mass is 32.1. The van der Waals surface area contributed by atoms with E-state index in [2.05, 4.69) is 15.2 Å². The van der Waals surface area contributed by atoms with E-state index in [4.69, 9.17) is 4.74 Å². The topological polar surface area (TPSA) is 74.8 Å². The number of imide groups is 1. The summed E-state index contributed by atoms with van der Waals surface area (Å²) in [7, 11) is 0. The number of ether oxygens (including phenoxy) is 1. The summed E-state index contributed by atoms with van der Waals surface area (Å²) in [4.78, 5) is 31.8. The molecule has 120 valence electrons. The van der Waals surface area contributed by atoms with E-state index in [-0.39, 0.29) is 18.0 Å². The van der Waals surface area contributed by atoms with Gasteiger partial charge < -0.3 is 10.1 Å². The lowest BCUT2D eigenvalue weighted by Gasteiger charge is -2.32. The second kappa shape index (κ2) is 5.94. The lowest BCUT2D eigenvalue weighted by Crippen LogP contribution is -2.45. The van der Waals surface area contributed by atoms with Gasteiger partial charge in [0.1, 0.15) is 16.7 Å². The van der Waals surface area contributed by atoms with Crippen molar-refractivity contribution < 1.29 is 14.3 Å². The van der Waals surface area contributed by atoms with E-state index in [1.165, 1.54) is 4.90 Å². The number of aromatic nitrogens is 1. The summed E-state index contributed by atoms with van der Waals surface area (Å²) in [5.41, 5.74) is -0.800. The SMILES string of the molecule is CC1(C)NC(=O)N(CCN2CCO[C@H](c3nccs3)C2)C1=O. The molecular formula is C14H20N4O3S. The van der Waals surface area contributed by atoms with Gasteiger partial charge in [0.2, 0.25) is 0 Å². The minimum Gasteiger partial charge on any atom is -0.368 e. The van der Waals surface area contributed by atoms with E-state index in [0.29, 0.717) is 19.7 Å². The van der Waals surface area contributed by atoms with Gasteiger partial charge in [-0.15, -0.1) is 11.3 Å². The molecule has 7 nitrogen and oxygen atoms in total. The molecule has 1 atom stereocenters. The molecule has 0 aromatic carbocycles. The Bertz CT molecular complexity index is 560. The van der Waals surface area contributed by atoms with Crippen LogP contribution in [0.2, 0.25) is 0 Å². The van der Waals surface area contributed by atoms with Crippen LogP contribution in [-0.4, -0.2) is 65.0 Å². The van der Waals surface area contributed by atoms with E-state index in [1.807, 2.05) is 5.38 Å². The van der Waals surface area contributed by atoms with E-state index in [9.17, 15) is 9.59 Å². The molecule has 2 aliphatic rings. The van der Waals surface area contributed by atoms with E-state index >= 15 is 0 Å².